The van der Waals surface area contributed by atoms with E-state index >= 15 is 0 Å². The summed E-state index contributed by atoms with van der Waals surface area (Å²) in [7, 11) is 0. The van der Waals surface area contributed by atoms with Crippen molar-refractivity contribution in [2.24, 2.45) is 11.7 Å². The Kier molecular flexibility index (Phi) is 3.83. The lowest BCUT2D eigenvalue weighted by Crippen LogP contribution is -2.15. The van der Waals surface area contributed by atoms with E-state index in [0.29, 0.717) is 6.54 Å². The Morgan fingerprint density at radius 3 is 2.81 bits per heavy atom. The Morgan fingerprint density at radius 2 is 2.19 bits per heavy atom. The third kappa shape index (κ3) is 2.76. The SMILES string of the molecule is Cc1ccc(OCCC2CCC2)c(CN)c1. The molecule has 0 aliphatic heterocycles. The Balaban J connectivity index is 1.87. The molecule has 2 heteroatoms. The normalized spacial score (nSPS) is 15.9. The second kappa shape index (κ2) is 5.35. The number of aryl methyl sites for hydroxylation is 1. The van der Waals surface area contributed by atoms with Gasteiger partial charge in [0, 0.05) is 12.1 Å². The van der Waals surface area contributed by atoms with E-state index < -0.39 is 0 Å². The van der Waals surface area contributed by atoms with E-state index in [4.69, 9.17) is 10.5 Å². The second-order valence-electron chi connectivity index (χ2n) is 4.75. The fourth-order valence-corrected chi connectivity index (χ4v) is 2.13. The third-order valence-corrected chi connectivity index (χ3v) is 3.44. The van der Waals surface area contributed by atoms with Crippen LogP contribution in [0.3, 0.4) is 0 Å². The first-order valence-corrected chi connectivity index (χ1v) is 6.22. The van der Waals surface area contributed by atoms with Crippen LogP contribution in [0.2, 0.25) is 0 Å². The van der Waals surface area contributed by atoms with Crippen molar-refractivity contribution in [2.45, 2.75) is 39.2 Å². The summed E-state index contributed by atoms with van der Waals surface area (Å²) in [6, 6.07) is 6.23. The Morgan fingerprint density at radius 1 is 1.38 bits per heavy atom. The van der Waals surface area contributed by atoms with E-state index in [1.165, 1.54) is 31.2 Å². The highest BCUT2D eigenvalue weighted by molar-refractivity contribution is 5.36. The first kappa shape index (κ1) is 11.5. The predicted molar refractivity (Wildman–Crippen MR) is 66.5 cm³/mol. The van der Waals surface area contributed by atoms with Gasteiger partial charge in [-0.1, -0.05) is 37.0 Å². The summed E-state index contributed by atoms with van der Waals surface area (Å²) in [5, 5.41) is 0. The van der Waals surface area contributed by atoms with Crippen LogP contribution in [-0.4, -0.2) is 6.61 Å². The van der Waals surface area contributed by atoms with Crippen molar-refractivity contribution in [3.8, 4) is 5.75 Å². The number of rotatable bonds is 5. The summed E-state index contributed by atoms with van der Waals surface area (Å²) < 4.78 is 5.81. The number of nitrogens with two attached hydrogens (primary N) is 1. The highest BCUT2D eigenvalue weighted by Crippen LogP contribution is 2.29. The van der Waals surface area contributed by atoms with E-state index in [0.717, 1.165) is 23.8 Å². The number of benzene rings is 1. The van der Waals surface area contributed by atoms with Gasteiger partial charge in [-0.15, -0.1) is 0 Å². The van der Waals surface area contributed by atoms with Gasteiger partial charge in [0.2, 0.25) is 0 Å². The molecule has 0 aromatic heterocycles. The standard InChI is InChI=1S/C14H21NO/c1-11-5-6-14(13(9-11)10-15)16-8-7-12-3-2-4-12/h5-6,9,12H,2-4,7-8,10,15H2,1H3. The van der Waals surface area contributed by atoms with Gasteiger partial charge in [0.1, 0.15) is 5.75 Å². The summed E-state index contributed by atoms with van der Waals surface area (Å²) in [4.78, 5) is 0. The van der Waals surface area contributed by atoms with Crippen LogP contribution in [0.5, 0.6) is 5.75 Å². The Hall–Kier alpha value is -1.02. The molecule has 0 bridgehead atoms. The topological polar surface area (TPSA) is 35.2 Å². The molecule has 0 unspecified atom stereocenters. The molecule has 0 heterocycles. The minimum atomic E-state index is 0.556. The van der Waals surface area contributed by atoms with Crippen LogP contribution in [0.25, 0.3) is 0 Å². The van der Waals surface area contributed by atoms with Crippen LogP contribution in [0.15, 0.2) is 18.2 Å². The average Bonchev–Trinajstić information content (AvgIpc) is 2.23. The summed E-state index contributed by atoms with van der Waals surface area (Å²) in [5.41, 5.74) is 8.07. The van der Waals surface area contributed by atoms with E-state index in [2.05, 4.69) is 19.1 Å². The zero-order valence-electron chi connectivity index (χ0n) is 10.0. The maximum absolute atomic E-state index is 5.81. The smallest absolute Gasteiger partial charge is 0.123 e. The first-order chi connectivity index (χ1) is 7.79. The molecule has 1 saturated carbocycles. The van der Waals surface area contributed by atoms with E-state index in [1.807, 2.05) is 6.07 Å². The highest BCUT2D eigenvalue weighted by Gasteiger charge is 2.17. The number of hydrogen-bond acceptors (Lipinski definition) is 2. The van der Waals surface area contributed by atoms with Gasteiger partial charge in [0.05, 0.1) is 6.61 Å². The van der Waals surface area contributed by atoms with Gasteiger partial charge in [0.15, 0.2) is 0 Å². The molecule has 0 saturated heterocycles. The summed E-state index contributed by atoms with van der Waals surface area (Å²) in [6.45, 7) is 3.47. The zero-order chi connectivity index (χ0) is 11.4. The van der Waals surface area contributed by atoms with Crippen molar-refractivity contribution < 1.29 is 4.74 Å². The molecule has 88 valence electrons. The van der Waals surface area contributed by atoms with Crippen LogP contribution >= 0.6 is 0 Å². The Labute approximate surface area is 97.8 Å². The van der Waals surface area contributed by atoms with Crippen molar-refractivity contribution in [2.75, 3.05) is 6.61 Å². The Bertz CT molecular complexity index is 345. The van der Waals surface area contributed by atoms with Gasteiger partial charge >= 0.3 is 0 Å². The second-order valence-corrected chi connectivity index (χ2v) is 4.75. The van der Waals surface area contributed by atoms with Gasteiger partial charge in [0.25, 0.3) is 0 Å². The van der Waals surface area contributed by atoms with Crippen LogP contribution in [0, 0.1) is 12.8 Å². The number of hydrogen-bond donors (Lipinski definition) is 1. The maximum Gasteiger partial charge on any atom is 0.123 e. The minimum Gasteiger partial charge on any atom is -0.493 e. The third-order valence-electron chi connectivity index (χ3n) is 3.44. The zero-order valence-corrected chi connectivity index (χ0v) is 10.0. The van der Waals surface area contributed by atoms with Crippen LogP contribution in [0.1, 0.15) is 36.8 Å². The van der Waals surface area contributed by atoms with Gasteiger partial charge in [-0.25, -0.2) is 0 Å². The van der Waals surface area contributed by atoms with Crippen molar-refractivity contribution >= 4 is 0 Å². The lowest BCUT2D eigenvalue weighted by Gasteiger charge is -2.25. The first-order valence-electron chi connectivity index (χ1n) is 6.22. The molecule has 1 aliphatic rings. The highest BCUT2D eigenvalue weighted by atomic mass is 16.5. The van der Waals surface area contributed by atoms with Crippen LogP contribution in [-0.2, 0) is 6.54 Å². The van der Waals surface area contributed by atoms with Crippen LogP contribution in [0.4, 0.5) is 0 Å². The largest absolute Gasteiger partial charge is 0.493 e. The number of ether oxygens (including phenoxy) is 1. The molecule has 2 N–H and O–H groups in total. The van der Waals surface area contributed by atoms with Crippen molar-refractivity contribution in [3.63, 3.8) is 0 Å². The maximum atomic E-state index is 5.81. The van der Waals surface area contributed by atoms with Crippen molar-refractivity contribution in [3.05, 3.63) is 29.3 Å². The van der Waals surface area contributed by atoms with E-state index in [1.54, 1.807) is 0 Å². The predicted octanol–water partition coefficient (Wildman–Crippen LogP) is 3.02. The van der Waals surface area contributed by atoms with Crippen LogP contribution < -0.4 is 10.5 Å². The van der Waals surface area contributed by atoms with Gasteiger partial charge in [-0.3, -0.25) is 0 Å². The molecule has 0 amide bonds. The molecule has 1 aliphatic carbocycles. The van der Waals surface area contributed by atoms with E-state index in [-0.39, 0.29) is 0 Å². The monoisotopic (exact) mass is 219 g/mol. The van der Waals surface area contributed by atoms with Gasteiger partial charge in [-0.2, -0.15) is 0 Å². The molecule has 1 aromatic rings. The molecule has 1 fully saturated rings. The van der Waals surface area contributed by atoms with Crippen molar-refractivity contribution in [1.29, 1.82) is 0 Å². The van der Waals surface area contributed by atoms with Gasteiger partial charge < -0.3 is 10.5 Å². The molecule has 0 spiro atoms. The lowest BCUT2D eigenvalue weighted by molar-refractivity contribution is 0.221. The quantitative estimate of drug-likeness (QED) is 0.826. The molecular weight excluding hydrogens is 198 g/mol. The molecule has 0 radical (unpaired) electrons. The molecule has 2 nitrogen and oxygen atoms in total. The fourth-order valence-electron chi connectivity index (χ4n) is 2.13. The molecule has 16 heavy (non-hydrogen) atoms. The molecule has 2 rings (SSSR count). The summed E-state index contributed by atoms with van der Waals surface area (Å²) >= 11 is 0. The fraction of sp³-hybridized carbons (Fsp3) is 0.571. The van der Waals surface area contributed by atoms with Gasteiger partial charge in [-0.05, 0) is 25.3 Å². The van der Waals surface area contributed by atoms with E-state index in [9.17, 15) is 0 Å². The summed E-state index contributed by atoms with van der Waals surface area (Å²) in [6.07, 6.45) is 5.38. The molecule has 1 aromatic carbocycles. The molecular formula is C14H21NO. The summed E-state index contributed by atoms with van der Waals surface area (Å²) in [5.74, 6) is 1.87. The van der Waals surface area contributed by atoms with Crippen molar-refractivity contribution in [1.82, 2.24) is 0 Å². The lowest BCUT2D eigenvalue weighted by atomic mass is 9.83. The minimum absolute atomic E-state index is 0.556. The molecule has 0 atom stereocenters. The average molecular weight is 219 g/mol.